The van der Waals surface area contributed by atoms with Crippen molar-refractivity contribution in [2.45, 2.75) is 18.7 Å². The van der Waals surface area contributed by atoms with Crippen LogP contribution in [0.25, 0.3) is 10.2 Å². The molecule has 0 spiro atoms. The molecule has 1 amide bonds. The highest BCUT2D eigenvalue weighted by molar-refractivity contribution is 9.10. The quantitative estimate of drug-likeness (QED) is 0.649. The van der Waals surface area contributed by atoms with E-state index in [4.69, 9.17) is 0 Å². The van der Waals surface area contributed by atoms with Crippen molar-refractivity contribution in [2.75, 3.05) is 11.2 Å². The van der Waals surface area contributed by atoms with Crippen molar-refractivity contribution < 1.29 is 4.79 Å². The number of carbonyl (C=O) groups excluding carboxylic acids is 1. The Bertz CT molecular complexity index is 981. The molecule has 0 atom stereocenters. The number of aromatic nitrogens is 2. The summed E-state index contributed by atoms with van der Waals surface area (Å²) in [4.78, 5) is 31.7. The van der Waals surface area contributed by atoms with Gasteiger partial charge < -0.3 is 0 Å². The fourth-order valence-corrected chi connectivity index (χ4v) is 4.53. The third kappa shape index (κ3) is 3.40. The molecule has 1 aromatic carbocycles. The van der Waals surface area contributed by atoms with Crippen molar-refractivity contribution in [1.82, 2.24) is 9.66 Å². The summed E-state index contributed by atoms with van der Waals surface area (Å²) >= 11 is 6.33. The number of nitrogens with one attached hydrogen (secondary N) is 1. The van der Waals surface area contributed by atoms with E-state index in [2.05, 4.69) is 26.3 Å². The van der Waals surface area contributed by atoms with Crippen LogP contribution < -0.4 is 11.0 Å². The zero-order valence-electron chi connectivity index (χ0n) is 13.0. The number of thiophene rings is 1. The topological polar surface area (TPSA) is 64.0 Å². The Morgan fingerprint density at radius 2 is 2.12 bits per heavy atom. The number of aryl methyl sites for hydroxylation is 2. The Balaban J connectivity index is 1.76. The zero-order valence-corrected chi connectivity index (χ0v) is 16.2. The summed E-state index contributed by atoms with van der Waals surface area (Å²) < 4.78 is 2.09. The molecule has 24 heavy (non-hydrogen) atoms. The number of amides is 1. The molecule has 0 radical (unpaired) electrons. The lowest BCUT2D eigenvalue weighted by Gasteiger charge is -2.08. The van der Waals surface area contributed by atoms with Gasteiger partial charge >= 0.3 is 0 Å². The summed E-state index contributed by atoms with van der Waals surface area (Å²) in [5.41, 5.74) is 3.27. The summed E-state index contributed by atoms with van der Waals surface area (Å²) in [6, 6.07) is 7.68. The van der Waals surface area contributed by atoms with Crippen LogP contribution in [0.2, 0.25) is 0 Å². The molecule has 2 heterocycles. The van der Waals surface area contributed by atoms with E-state index >= 15 is 0 Å². The molecule has 0 aliphatic heterocycles. The average molecular weight is 424 g/mol. The second kappa shape index (κ2) is 7.08. The number of carbonyl (C=O) groups is 1. The zero-order chi connectivity index (χ0) is 17.3. The van der Waals surface area contributed by atoms with Gasteiger partial charge in [0.2, 0.25) is 5.91 Å². The molecule has 3 aromatic rings. The lowest BCUT2D eigenvalue weighted by molar-refractivity contribution is -0.114. The Labute approximate surface area is 155 Å². The summed E-state index contributed by atoms with van der Waals surface area (Å²) in [6.45, 7) is 3.85. The average Bonchev–Trinajstić information content (AvgIpc) is 2.85. The first-order valence-electron chi connectivity index (χ1n) is 7.12. The smallest absolute Gasteiger partial charge is 0.272 e. The van der Waals surface area contributed by atoms with E-state index in [1.165, 1.54) is 29.4 Å². The van der Waals surface area contributed by atoms with E-state index in [1.807, 2.05) is 38.1 Å². The molecular formula is C16H14BrN3O2S2. The van der Waals surface area contributed by atoms with Crippen LogP contribution in [0.4, 0.5) is 0 Å². The number of fused-ring (bicyclic) bond motifs is 1. The number of thioether (sulfide) groups is 1. The lowest BCUT2D eigenvalue weighted by atomic mass is 10.2. The summed E-state index contributed by atoms with van der Waals surface area (Å²) in [5.74, 6) is -0.0574. The van der Waals surface area contributed by atoms with Gasteiger partial charge in [0.05, 0.1) is 11.1 Å². The third-order valence-corrected chi connectivity index (χ3v) is 6.67. The van der Waals surface area contributed by atoms with Crippen molar-refractivity contribution in [3.8, 4) is 0 Å². The second-order valence-electron chi connectivity index (χ2n) is 5.14. The minimum absolute atomic E-state index is 0.203. The number of hydrogen-bond acceptors (Lipinski definition) is 5. The van der Waals surface area contributed by atoms with Gasteiger partial charge in [0.15, 0.2) is 0 Å². The van der Waals surface area contributed by atoms with E-state index in [1.54, 1.807) is 0 Å². The fraction of sp³-hybridized carbons (Fsp3) is 0.188. The van der Waals surface area contributed by atoms with Crippen LogP contribution in [0.3, 0.4) is 0 Å². The van der Waals surface area contributed by atoms with E-state index in [0.717, 1.165) is 24.5 Å². The van der Waals surface area contributed by atoms with Gasteiger partial charge in [0, 0.05) is 14.2 Å². The van der Waals surface area contributed by atoms with Crippen LogP contribution in [-0.4, -0.2) is 21.3 Å². The van der Waals surface area contributed by atoms with Crippen LogP contribution in [0, 0.1) is 13.8 Å². The van der Waals surface area contributed by atoms with Crippen molar-refractivity contribution in [3.05, 3.63) is 55.9 Å². The maximum absolute atomic E-state index is 12.5. The first-order valence-corrected chi connectivity index (χ1v) is 9.71. The van der Waals surface area contributed by atoms with E-state index in [0.29, 0.717) is 10.2 Å². The second-order valence-corrected chi connectivity index (χ2v) is 8.21. The van der Waals surface area contributed by atoms with Crippen LogP contribution in [-0.2, 0) is 4.79 Å². The molecule has 0 aliphatic carbocycles. The Morgan fingerprint density at radius 3 is 2.88 bits per heavy atom. The van der Waals surface area contributed by atoms with Crippen molar-refractivity contribution in [2.24, 2.45) is 0 Å². The number of benzene rings is 1. The molecule has 1 N–H and O–H groups in total. The number of halogens is 1. The number of nitrogens with zero attached hydrogens (tertiary/aromatic N) is 2. The summed E-state index contributed by atoms with van der Waals surface area (Å²) in [6.07, 6.45) is 1.36. The van der Waals surface area contributed by atoms with Gasteiger partial charge in [-0.2, -0.15) is 0 Å². The van der Waals surface area contributed by atoms with E-state index < -0.39 is 0 Å². The summed E-state index contributed by atoms with van der Waals surface area (Å²) in [5, 5.41) is 0.568. The molecule has 3 rings (SSSR count). The van der Waals surface area contributed by atoms with Crippen molar-refractivity contribution in [3.63, 3.8) is 0 Å². The SMILES string of the molecule is Cc1sc2ncn(NC(=O)CSc3ccccc3Br)c(=O)c2c1C. The minimum Gasteiger partial charge on any atom is -0.272 e. The Hall–Kier alpha value is -1.64. The third-order valence-electron chi connectivity index (χ3n) is 3.53. The van der Waals surface area contributed by atoms with Crippen LogP contribution >= 0.6 is 39.0 Å². The molecular weight excluding hydrogens is 410 g/mol. The van der Waals surface area contributed by atoms with Crippen molar-refractivity contribution in [1.29, 1.82) is 0 Å². The molecule has 8 heteroatoms. The highest BCUT2D eigenvalue weighted by atomic mass is 79.9. The first-order chi connectivity index (χ1) is 11.5. The Kier molecular flexibility index (Phi) is 5.07. The predicted molar refractivity (Wildman–Crippen MR) is 103 cm³/mol. The molecule has 0 bridgehead atoms. The highest BCUT2D eigenvalue weighted by Gasteiger charge is 2.13. The monoisotopic (exact) mass is 423 g/mol. The molecule has 0 unspecified atom stereocenters. The largest absolute Gasteiger partial charge is 0.281 e. The first kappa shape index (κ1) is 17.2. The molecule has 5 nitrogen and oxygen atoms in total. The van der Waals surface area contributed by atoms with Gasteiger partial charge in [-0.3, -0.25) is 15.0 Å². The lowest BCUT2D eigenvalue weighted by Crippen LogP contribution is -2.34. The molecule has 0 saturated heterocycles. The van der Waals surface area contributed by atoms with Gasteiger partial charge in [-0.15, -0.1) is 23.1 Å². The van der Waals surface area contributed by atoms with Crippen LogP contribution in [0.5, 0.6) is 0 Å². The molecule has 0 saturated carbocycles. The normalized spacial score (nSPS) is 11.0. The number of rotatable bonds is 4. The van der Waals surface area contributed by atoms with Crippen LogP contribution in [0.15, 0.2) is 44.8 Å². The maximum atomic E-state index is 12.5. The van der Waals surface area contributed by atoms with E-state index in [9.17, 15) is 9.59 Å². The van der Waals surface area contributed by atoms with Gasteiger partial charge in [-0.05, 0) is 47.5 Å². The van der Waals surface area contributed by atoms with Gasteiger partial charge in [0.1, 0.15) is 11.2 Å². The Morgan fingerprint density at radius 1 is 1.38 bits per heavy atom. The minimum atomic E-state index is -0.261. The predicted octanol–water partition coefficient (Wildman–Crippen LogP) is 3.70. The van der Waals surface area contributed by atoms with Crippen LogP contribution in [0.1, 0.15) is 10.4 Å². The van der Waals surface area contributed by atoms with Crippen molar-refractivity contribution >= 4 is 55.2 Å². The van der Waals surface area contributed by atoms with Gasteiger partial charge in [0.25, 0.3) is 5.56 Å². The van der Waals surface area contributed by atoms with Gasteiger partial charge in [-0.1, -0.05) is 12.1 Å². The molecule has 124 valence electrons. The standard InChI is InChI=1S/C16H14BrN3O2S2/c1-9-10(2)24-15-14(9)16(22)20(8-18-15)19-13(21)7-23-12-6-4-3-5-11(12)17/h3-6,8H,7H2,1-2H3,(H,19,21). The van der Waals surface area contributed by atoms with E-state index in [-0.39, 0.29) is 17.2 Å². The fourth-order valence-electron chi connectivity index (χ4n) is 2.19. The highest BCUT2D eigenvalue weighted by Crippen LogP contribution is 2.27. The molecule has 0 fully saturated rings. The summed E-state index contributed by atoms with van der Waals surface area (Å²) in [7, 11) is 0. The number of hydrogen-bond donors (Lipinski definition) is 1. The molecule has 2 aromatic heterocycles. The van der Waals surface area contributed by atoms with Gasteiger partial charge in [-0.25, -0.2) is 9.66 Å². The molecule has 0 aliphatic rings. The maximum Gasteiger partial charge on any atom is 0.281 e.